The molecule has 1 amide bonds. The van der Waals surface area contributed by atoms with Gasteiger partial charge in [-0.3, -0.25) is 4.79 Å². The number of nitrogens with zero attached hydrogens (tertiary/aromatic N) is 1. The van der Waals surface area contributed by atoms with Gasteiger partial charge in [-0.15, -0.1) is 11.3 Å². The summed E-state index contributed by atoms with van der Waals surface area (Å²) in [5.41, 5.74) is 4.23. The zero-order valence-electron chi connectivity index (χ0n) is 25.3. The van der Waals surface area contributed by atoms with E-state index in [0.29, 0.717) is 25.2 Å². The maximum atomic E-state index is 13.2. The highest BCUT2D eigenvalue weighted by Gasteiger charge is 2.30. The molecule has 43 heavy (non-hydrogen) atoms. The molecule has 2 unspecified atom stereocenters. The van der Waals surface area contributed by atoms with Crippen molar-refractivity contribution in [3.8, 4) is 5.75 Å². The first-order valence-electron chi connectivity index (χ1n) is 15.1. The normalized spacial score (nSPS) is 15.9. The quantitative estimate of drug-likeness (QED) is 0.125. The maximum absolute atomic E-state index is 13.2. The fourth-order valence-electron chi connectivity index (χ4n) is 5.27. The number of aliphatic hydroxyl groups is 1. The van der Waals surface area contributed by atoms with Crippen LogP contribution in [-0.4, -0.2) is 34.7 Å². The Morgan fingerprint density at radius 3 is 2.47 bits per heavy atom. The molecule has 8 heteroatoms. The van der Waals surface area contributed by atoms with E-state index in [4.69, 9.17) is 14.5 Å². The van der Waals surface area contributed by atoms with Crippen LogP contribution >= 0.6 is 11.3 Å². The summed E-state index contributed by atoms with van der Waals surface area (Å²) in [5.74, 6) is 0.0627. The average Bonchev–Trinajstić information content (AvgIpc) is 3.49. The van der Waals surface area contributed by atoms with E-state index in [9.17, 15) is 14.7 Å². The van der Waals surface area contributed by atoms with Crippen molar-refractivity contribution in [2.24, 2.45) is 5.92 Å². The third kappa shape index (κ3) is 9.90. The van der Waals surface area contributed by atoms with Crippen LogP contribution in [-0.2, 0) is 27.4 Å². The highest BCUT2D eigenvalue weighted by Crippen LogP contribution is 2.29. The third-order valence-corrected chi connectivity index (χ3v) is 8.52. The van der Waals surface area contributed by atoms with Gasteiger partial charge in [0.05, 0.1) is 18.3 Å². The predicted octanol–water partition coefficient (Wildman–Crippen LogP) is 6.98. The number of rotatable bonds is 13. The van der Waals surface area contributed by atoms with Crippen molar-refractivity contribution in [2.45, 2.75) is 78.0 Å². The molecule has 1 aliphatic rings. The second-order valence-electron chi connectivity index (χ2n) is 11.1. The zero-order valence-corrected chi connectivity index (χ0v) is 26.1. The molecule has 0 aliphatic heterocycles. The van der Waals surface area contributed by atoms with E-state index in [-0.39, 0.29) is 17.8 Å². The van der Waals surface area contributed by atoms with Gasteiger partial charge in [0.2, 0.25) is 5.91 Å². The molecular formula is C35H42N2O5S. The first-order valence-corrected chi connectivity index (χ1v) is 15.9. The third-order valence-electron chi connectivity index (χ3n) is 7.55. The summed E-state index contributed by atoms with van der Waals surface area (Å²) in [5, 5.41) is 16.7. The lowest BCUT2D eigenvalue weighted by Gasteiger charge is -2.27. The van der Waals surface area contributed by atoms with Gasteiger partial charge in [-0.2, -0.15) is 0 Å². The van der Waals surface area contributed by atoms with Crippen molar-refractivity contribution in [1.29, 1.82) is 0 Å². The minimum atomic E-state index is -1.03. The highest BCUT2D eigenvalue weighted by molar-refractivity contribution is 7.09. The molecule has 1 saturated carbocycles. The second-order valence-corrected chi connectivity index (χ2v) is 12.0. The fraction of sp³-hybridized carbons (Fsp3) is 0.400. The van der Waals surface area contributed by atoms with Crippen LogP contribution in [0.15, 0.2) is 77.2 Å². The van der Waals surface area contributed by atoms with Crippen LogP contribution in [0.2, 0.25) is 0 Å². The van der Waals surface area contributed by atoms with E-state index in [1.165, 1.54) is 11.3 Å². The van der Waals surface area contributed by atoms with Crippen molar-refractivity contribution in [2.75, 3.05) is 6.61 Å². The van der Waals surface area contributed by atoms with Crippen LogP contribution in [0.4, 0.5) is 0 Å². The first kappa shape index (κ1) is 32.2. The van der Waals surface area contributed by atoms with Gasteiger partial charge in [-0.1, -0.05) is 61.7 Å². The van der Waals surface area contributed by atoms with Crippen LogP contribution in [0.25, 0.3) is 6.08 Å². The van der Waals surface area contributed by atoms with Crippen molar-refractivity contribution in [3.05, 3.63) is 99.0 Å². The number of hydrogen-bond donors (Lipinski definition) is 2. The summed E-state index contributed by atoms with van der Waals surface area (Å²) in [7, 11) is 0. The Morgan fingerprint density at radius 1 is 1.05 bits per heavy atom. The summed E-state index contributed by atoms with van der Waals surface area (Å²) in [6, 6.07) is 17.5. The number of carbonyl (C=O) groups is 2. The van der Waals surface area contributed by atoms with Crippen molar-refractivity contribution < 1.29 is 24.2 Å². The largest absolute Gasteiger partial charge is 0.489 e. The van der Waals surface area contributed by atoms with Gasteiger partial charge in [-0.05, 0) is 86.9 Å². The number of carbonyl (C=O) groups excluding carboxylic acids is 2. The summed E-state index contributed by atoms with van der Waals surface area (Å²) in [6.45, 7) is 6.23. The molecule has 3 aromatic rings. The predicted molar refractivity (Wildman–Crippen MR) is 171 cm³/mol. The Morgan fingerprint density at radius 2 is 1.77 bits per heavy atom. The highest BCUT2D eigenvalue weighted by atomic mass is 32.1. The molecule has 0 radical (unpaired) electrons. The van der Waals surface area contributed by atoms with Gasteiger partial charge in [-0.25, -0.2) is 9.78 Å². The monoisotopic (exact) mass is 602 g/mol. The van der Waals surface area contributed by atoms with Gasteiger partial charge in [0.1, 0.15) is 23.5 Å². The van der Waals surface area contributed by atoms with Crippen molar-refractivity contribution in [3.63, 3.8) is 0 Å². The van der Waals surface area contributed by atoms with Gasteiger partial charge in [0.15, 0.2) is 0 Å². The number of nitrogens with one attached hydrogen (secondary N) is 1. The molecule has 1 aliphatic carbocycles. The Balaban J connectivity index is 1.49. The minimum absolute atomic E-state index is 0.0117. The number of amides is 1. The molecule has 0 saturated heterocycles. The summed E-state index contributed by atoms with van der Waals surface area (Å²) >= 11 is 1.46. The summed E-state index contributed by atoms with van der Waals surface area (Å²) < 4.78 is 11.0. The van der Waals surface area contributed by atoms with Crippen molar-refractivity contribution in [1.82, 2.24) is 10.3 Å². The standard InChI is InChI=1S/C35H42N2O5S/c1-4-41-35(40)25(3)19-24(2)20-29-23-43-34(36-29)31(37-33(39)32(38)28-13-9-6-10-14-28)21-26-15-17-30(18-16-26)42-22-27-11-7-5-8-12-27/h5,7-8,11-12,15-20,23,28,31-32,38H,4,6,9-10,13-14,21-22H2,1-3H3,(H,37,39)/b24-20+,25-19-. The van der Waals surface area contributed by atoms with Crippen LogP contribution in [0, 0.1) is 5.92 Å². The number of thiazole rings is 1. The molecule has 4 rings (SSSR count). The Bertz CT molecular complexity index is 1390. The first-order chi connectivity index (χ1) is 20.8. The smallest absolute Gasteiger partial charge is 0.333 e. The minimum Gasteiger partial charge on any atom is -0.489 e. The Kier molecular flexibility index (Phi) is 12.1. The molecule has 2 aromatic carbocycles. The molecule has 0 spiro atoms. The number of benzene rings is 2. The molecule has 1 fully saturated rings. The lowest BCUT2D eigenvalue weighted by Crippen LogP contribution is -2.42. The Labute approximate surface area is 258 Å². The van der Waals surface area contributed by atoms with Crippen LogP contribution in [0.1, 0.15) is 80.7 Å². The number of hydrogen-bond acceptors (Lipinski definition) is 7. The van der Waals surface area contributed by atoms with E-state index >= 15 is 0 Å². The number of allylic oxidation sites excluding steroid dienone is 2. The number of ether oxygens (including phenoxy) is 2. The van der Waals surface area contributed by atoms with E-state index in [1.807, 2.05) is 73.0 Å². The number of aromatic nitrogens is 1. The second kappa shape index (κ2) is 16.2. The molecule has 1 heterocycles. The van der Waals surface area contributed by atoms with Gasteiger partial charge >= 0.3 is 5.97 Å². The molecule has 1 aromatic heterocycles. The van der Waals surface area contributed by atoms with Crippen LogP contribution in [0.5, 0.6) is 5.75 Å². The lowest BCUT2D eigenvalue weighted by atomic mass is 9.85. The molecule has 2 atom stereocenters. The van der Waals surface area contributed by atoms with E-state index in [0.717, 1.165) is 65.3 Å². The number of aliphatic hydroxyl groups excluding tert-OH is 1. The Hall–Kier alpha value is -3.75. The molecule has 2 N–H and O–H groups in total. The van der Waals surface area contributed by atoms with E-state index in [2.05, 4.69) is 5.32 Å². The summed E-state index contributed by atoms with van der Waals surface area (Å²) in [4.78, 5) is 30.1. The number of esters is 1. The molecular weight excluding hydrogens is 560 g/mol. The van der Waals surface area contributed by atoms with Gasteiger partial charge in [0, 0.05) is 11.0 Å². The lowest BCUT2D eigenvalue weighted by molar-refractivity contribution is -0.138. The topological polar surface area (TPSA) is 97.8 Å². The summed E-state index contributed by atoms with van der Waals surface area (Å²) in [6.07, 6.45) is 8.14. The van der Waals surface area contributed by atoms with Gasteiger partial charge < -0.3 is 19.9 Å². The van der Waals surface area contributed by atoms with E-state index in [1.54, 1.807) is 19.9 Å². The molecule has 7 nitrogen and oxygen atoms in total. The SMILES string of the molecule is CCOC(=O)/C(C)=C\C(C)=C\c1csc(C(Cc2ccc(OCc3ccccc3)cc2)NC(=O)C(O)C2CCCCC2)n1. The maximum Gasteiger partial charge on any atom is 0.333 e. The zero-order chi connectivity index (χ0) is 30.6. The van der Waals surface area contributed by atoms with Gasteiger partial charge in [0.25, 0.3) is 0 Å². The van der Waals surface area contributed by atoms with Crippen molar-refractivity contribution >= 4 is 29.3 Å². The fourth-order valence-corrected chi connectivity index (χ4v) is 6.09. The van der Waals surface area contributed by atoms with Crippen LogP contribution < -0.4 is 10.1 Å². The molecule has 228 valence electrons. The van der Waals surface area contributed by atoms with Crippen LogP contribution in [0.3, 0.4) is 0 Å². The molecule has 0 bridgehead atoms. The van der Waals surface area contributed by atoms with E-state index < -0.39 is 12.1 Å². The average molecular weight is 603 g/mol.